The molecule has 0 fully saturated rings. The molecule has 0 amide bonds. The third kappa shape index (κ3) is 3.06. The molecule has 0 saturated carbocycles. The number of aromatic nitrogens is 1. The largest absolute Gasteiger partial charge is 0.478 e. The van der Waals surface area contributed by atoms with Crippen molar-refractivity contribution in [1.29, 1.82) is 0 Å². The summed E-state index contributed by atoms with van der Waals surface area (Å²) in [7, 11) is 1.85. The van der Waals surface area contributed by atoms with Crippen LogP contribution in [0, 0.1) is 6.92 Å². The second-order valence-corrected chi connectivity index (χ2v) is 4.81. The van der Waals surface area contributed by atoms with Gasteiger partial charge in [0.1, 0.15) is 0 Å². The van der Waals surface area contributed by atoms with E-state index < -0.39 is 5.97 Å². The average Bonchev–Trinajstić information content (AvgIpc) is 2.38. The van der Waals surface area contributed by atoms with Crippen LogP contribution in [0.4, 0.5) is 11.4 Å². The molecular formula is C15H17N3O2. The molecule has 1 aromatic heterocycles. The lowest BCUT2D eigenvalue weighted by molar-refractivity contribution is 0.0697. The number of hydrogen-bond donors (Lipinski definition) is 2. The van der Waals surface area contributed by atoms with E-state index in [4.69, 9.17) is 5.73 Å². The summed E-state index contributed by atoms with van der Waals surface area (Å²) in [5, 5.41) is 9.25. The number of aryl methyl sites for hydroxylation is 1. The minimum atomic E-state index is -0.985. The lowest BCUT2D eigenvalue weighted by atomic mass is 10.1. The minimum Gasteiger partial charge on any atom is -0.478 e. The third-order valence-corrected chi connectivity index (χ3v) is 3.01. The molecule has 2 rings (SSSR count). The van der Waals surface area contributed by atoms with Gasteiger partial charge in [0.05, 0.1) is 11.3 Å². The van der Waals surface area contributed by atoms with Gasteiger partial charge in [0.15, 0.2) is 0 Å². The Hall–Kier alpha value is -2.56. The van der Waals surface area contributed by atoms with Crippen molar-refractivity contribution in [3.8, 4) is 0 Å². The van der Waals surface area contributed by atoms with Crippen LogP contribution in [0.2, 0.25) is 0 Å². The van der Waals surface area contributed by atoms with Crippen molar-refractivity contribution in [2.24, 2.45) is 0 Å². The van der Waals surface area contributed by atoms with Gasteiger partial charge in [-0.25, -0.2) is 4.79 Å². The highest BCUT2D eigenvalue weighted by atomic mass is 16.4. The number of carbonyl (C=O) groups is 1. The maximum atomic E-state index is 11.3. The van der Waals surface area contributed by atoms with E-state index in [9.17, 15) is 9.90 Å². The molecule has 20 heavy (non-hydrogen) atoms. The first-order valence-electron chi connectivity index (χ1n) is 6.22. The quantitative estimate of drug-likeness (QED) is 0.834. The Labute approximate surface area is 117 Å². The van der Waals surface area contributed by atoms with Crippen LogP contribution in [0.25, 0.3) is 0 Å². The summed E-state index contributed by atoms with van der Waals surface area (Å²) in [6.07, 6.45) is 3.57. The highest BCUT2D eigenvalue weighted by Gasteiger charge is 2.14. The molecule has 0 bridgehead atoms. The summed E-state index contributed by atoms with van der Waals surface area (Å²) in [6, 6.07) is 6.93. The number of benzene rings is 1. The summed E-state index contributed by atoms with van der Waals surface area (Å²) in [4.78, 5) is 17.3. The van der Waals surface area contributed by atoms with E-state index in [-0.39, 0.29) is 5.56 Å². The Morgan fingerprint density at radius 2 is 2.10 bits per heavy atom. The summed E-state index contributed by atoms with van der Waals surface area (Å²) in [6.45, 7) is 2.56. The zero-order valence-corrected chi connectivity index (χ0v) is 11.5. The Balaban J connectivity index is 2.29. The van der Waals surface area contributed by atoms with Crippen LogP contribution in [0.15, 0.2) is 36.7 Å². The van der Waals surface area contributed by atoms with Gasteiger partial charge in [0.25, 0.3) is 0 Å². The van der Waals surface area contributed by atoms with Crippen LogP contribution in [0.3, 0.4) is 0 Å². The van der Waals surface area contributed by atoms with Crippen molar-refractivity contribution in [2.45, 2.75) is 13.5 Å². The first kappa shape index (κ1) is 13.9. The zero-order chi connectivity index (χ0) is 14.7. The van der Waals surface area contributed by atoms with E-state index in [0.717, 1.165) is 11.1 Å². The van der Waals surface area contributed by atoms with Crippen LogP contribution >= 0.6 is 0 Å². The molecule has 1 heterocycles. The molecule has 104 valence electrons. The van der Waals surface area contributed by atoms with Gasteiger partial charge in [-0.05, 0) is 36.2 Å². The van der Waals surface area contributed by atoms with Crippen LogP contribution in [-0.2, 0) is 6.54 Å². The molecule has 3 N–H and O–H groups in total. The summed E-state index contributed by atoms with van der Waals surface area (Å²) in [5.41, 5.74) is 9.03. The van der Waals surface area contributed by atoms with Gasteiger partial charge < -0.3 is 15.7 Å². The number of carboxylic acids is 1. The second kappa shape index (κ2) is 5.61. The Morgan fingerprint density at radius 3 is 2.75 bits per heavy atom. The number of pyridine rings is 1. The van der Waals surface area contributed by atoms with Gasteiger partial charge in [-0.2, -0.15) is 0 Å². The molecule has 0 unspecified atom stereocenters. The number of rotatable bonds is 4. The Kier molecular flexibility index (Phi) is 3.89. The molecule has 2 aromatic rings. The number of hydrogen-bond acceptors (Lipinski definition) is 4. The molecule has 0 spiro atoms. The maximum absolute atomic E-state index is 11.3. The minimum absolute atomic E-state index is 0.202. The Morgan fingerprint density at radius 1 is 1.35 bits per heavy atom. The molecule has 0 aliphatic heterocycles. The van der Waals surface area contributed by atoms with Crippen LogP contribution in [-0.4, -0.2) is 23.1 Å². The van der Waals surface area contributed by atoms with E-state index in [1.807, 2.05) is 24.9 Å². The lowest BCUT2D eigenvalue weighted by Gasteiger charge is -2.21. The highest BCUT2D eigenvalue weighted by molar-refractivity contribution is 5.95. The van der Waals surface area contributed by atoms with E-state index >= 15 is 0 Å². The fourth-order valence-corrected chi connectivity index (χ4v) is 2.12. The van der Waals surface area contributed by atoms with Gasteiger partial charge in [0, 0.05) is 31.7 Å². The molecule has 0 radical (unpaired) electrons. The number of carboxylic acid groups (broad SMARTS) is 1. The average molecular weight is 271 g/mol. The maximum Gasteiger partial charge on any atom is 0.337 e. The van der Waals surface area contributed by atoms with Gasteiger partial charge in [-0.1, -0.05) is 6.07 Å². The monoisotopic (exact) mass is 271 g/mol. The predicted molar refractivity (Wildman–Crippen MR) is 78.9 cm³/mol. The zero-order valence-electron chi connectivity index (χ0n) is 11.5. The fourth-order valence-electron chi connectivity index (χ4n) is 2.12. The first-order valence-corrected chi connectivity index (χ1v) is 6.22. The molecule has 0 atom stereocenters. The molecule has 0 saturated heterocycles. The van der Waals surface area contributed by atoms with Crippen molar-refractivity contribution in [1.82, 2.24) is 4.98 Å². The lowest BCUT2D eigenvalue weighted by Crippen LogP contribution is -2.19. The Bertz CT molecular complexity index is 641. The molecule has 0 aliphatic carbocycles. The van der Waals surface area contributed by atoms with Crippen LogP contribution < -0.4 is 10.6 Å². The molecule has 5 nitrogen and oxygen atoms in total. The summed E-state index contributed by atoms with van der Waals surface area (Å²) < 4.78 is 0. The summed E-state index contributed by atoms with van der Waals surface area (Å²) >= 11 is 0. The van der Waals surface area contributed by atoms with Gasteiger partial charge in [-0.15, -0.1) is 0 Å². The standard InChI is InChI=1S/C15H17N3O2/c1-10-5-11(8-17-7-10)9-18(2)14-4-3-12(16)6-13(14)15(19)20/h3-8H,9,16H2,1-2H3,(H,19,20). The van der Waals surface area contributed by atoms with E-state index in [1.54, 1.807) is 24.5 Å². The number of nitrogens with two attached hydrogens (primary N) is 1. The van der Waals surface area contributed by atoms with Gasteiger partial charge >= 0.3 is 5.97 Å². The van der Waals surface area contributed by atoms with Gasteiger partial charge in [-0.3, -0.25) is 4.98 Å². The number of anilines is 2. The normalized spacial score (nSPS) is 10.3. The fraction of sp³-hybridized carbons (Fsp3) is 0.200. The van der Waals surface area contributed by atoms with Gasteiger partial charge in [0.2, 0.25) is 0 Å². The molecular weight excluding hydrogens is 254 g/mol. The topological polar surface area (TPSA) is 79.5 Å². The van der Waals surface area contributed by atoms with Crippen molar-refractivity contribution in [3.05, 3.63) is 53.3 Å². The van der Waals surface area contributed by atoms with Crippen molar-refractivity contribution in [3.63, 3.8) is 0 Å². The van der Waals surface area contributed by atoms with E-state index in [2.05, 4.69) is 4.98 Å². The van der Waals surface area contributed by atoms with Crippen LogP contribution in [0.1, 0.15) is 21.5 Å². The summed E-state index contributed by atoms with van der Waals surface area (Å²) in [5.74, 6) is -0.985. The van der Waals surface area contributed by atoms with E-state index in [1.165, 1.54) is 6.07 Å². The molecule has 5 heteroatoms. The van der Waals surface area contributed by atoms with Crippen molar-refractivity contribution >= 4 is 17.3 Å². The predicted octanol–water partition coefficient (Wildman–Crippen LogP) is 2.31. The second-order valence-electron chi connectivity index (χ2n) is 4.81. The highest BCUT2D eigenvalue weighted by Crippen LogP contribution is 2.23. The molecule has 1 aromatic carbocycles. The first-order chi connectivity index (χ1) is 9.47. The van der Waals surface area contributed by atoms with E-state index in [0.29, 0.717) is 17.9 Å². The number of nitrogens with zero attached hydrogens (tertiary/aromatic N) is 2. The van der Waals surface area contributed by atoms with Crippen LogP contribution in [0.5, 0.6) is 0 Å². The SMILES string of the molecule is Cc1cncc(CN(C)c2ccc(N)cc2C(=O)O)c1. The molecule has 0 aliphatic rings. The van der Waals surface area contributed by atoms with Crippen molar-refractivity contribution < 1.29 is 9.90 Å². The van der Waals surface area contributed by atoms with Crippen molar-refractivity contribution in [2.75, 3.05) is 17.7 Å². The smallest absolute Gasteiger partial charge is 0.337 e. The number of aromatic carboxylic acids is 1. The number of nitrogen functional groups attached to an aromatic ring is 1. The third-order valence-electron chi connectivity index (χ3n) is 3.01.